The fraction of sp³-hybridized carbons (Fsp3) is 0.476. The minimum atomic E-state index is 0.514. The highest BCUT2D eigenvalue weighted by Crippen LogP contribution is 2.37. The van der Waals surface area contributed by atoms with E-state index in [0.717, 1.165) is 25.5 Å². The fourth-order valence-electron chi connectivity index (χ4n) is 4.46. The van der Waals surface area contributed by atoms with Gasteiger partial charge in [0.05, 0.1) is 0 Å². The molecule has 3 heterocycles. The normalized spacial score (nSPS) is 23.9. The van der Waals surface area contributed by atoms with E-state index in [-0.39, 0.29) is 0 Å². The van der Waals surface area contributed by atoms with Crippen molar-refractivity contribution in [2.45, 2.75) is 25.3 Å². The van der Waals surface area contributed by atoms with E-state index in [4.69, 9.17) is 0 Å². The SMILES string of the molecule is CN=C(NCC1CCCN(C)C1c1cccs1)N1CCc2ccccc21. The zero-order valence-corrected chi connectivity index (χ0v) is 16.5. The third-order valence-electron chi connectivity index (χ3n) is 5.72. The van der Waals surface area contributed by atoms with Gasteiger partial charge in [-0.2, -0.15) is 0 Å². The van der Waals surface area contributed by atoms with Crippen LogP contribution in [0.3, 0.4) is 0 Å². The molecule has 0 bridgehead atoms. The molecular weight excluding hydrogens is 340 g/mol. The number of guanidine groups is 1. The highest BCUT2D eigenvalue weighted by molar-refractivity contribution is 7.10. The average Bonchev–Trinajstić information content (AvgIpc) is 3.33. The second kappa shape index (κ2) is 7.80. The molecule has 0 amide bonds. The Kier molecular flexibility index (Phi) is 5.27. The average molecular weight is 369 g/mol. The summed E-state index contributed by atoms with van der Waals surface area (Å²) in [6, 6.07) is 13.7. The van der Waals surface area contributed by atoms with E-state index in [9.17, 15) is 0 Å². The first-order valence-electron chi connectivity index (χ1n) is 9.57. The molecule has 0 saturated carbocycles. The van der Waals surface area contributed by atoms with Crippen molar-refractivity contribution in [2.24, 2.45) is 10.9 Å². The van der Waals surface area contributed by atoms with Crippen LogP contribution >= 0.6 is 11.3 Å². The third kappa shape index (κ3) is 3.38. The summed E-state index contributed by atoms with van der Waals surface area (Å²) in [5, 5.41) is 5.89. The van der Waals surface area contributed by atoms with Crippen molar-refractivity contribution in [3.05, 3.63) is 52.2 Å². The summed E-state index contributed by atoms with van der Waals surface area (Å²) in [5.41, 5.74) is 2.72. The molecule has 1 aromatic carbocycles. The summed E-state index contributed by atoms with van der Waals surface area (Å²) in [4.78, 5) is 10.9. The van der Waals surface area contributed by atoms with Crippen molar-refractivity contribution >= 4 is 23.0 Å². The summed E-state index contributed by atoms with van der Waals surface area (Å²) in [7, 11) is 4.16. The summed E-state index contributed by atoms with van der Waals surface area (Å²) in [5.74, 6) is 1.62. The van der Waals surface area contributed by atoms with Gasteiger partial charge in [-0.3, -0.25) is 9.89 Å². The molecule has 138 valence electrons. The maximum absolute atomic E-state index is 4.58. The molecule has 2 aliphatic heterocycles. The number of para-hydroxylation sites is 1. The lowest BCUT2D eigenvalue weighted by atomic mass is 9.88. The maximum Gasteiger partial charge on any atom is 0.198 e. The number of benzene rings is 1. The summed E-state index contributed by atoms with van der Waals surface area (Å²) < 4.78 is 0. The van der Waals surface area contributed by atoms with Crippen LogP contribution in [0.5, 0.6) is 0 Å². The van der Waals surface area contributed by atoms with Gasteiger partial charge in [-0.05, 0) is 61.8 Å². The molecule has 2 atom stereocenters. The highest BCUT2D eigenvalue weighted by atomic mass is 32.1. The Morgan fingerprint density at radius 3 is 2.92 bits per heavy atom. The lowest BCUT2D eigenvalue weighted by Gasteiger charge is -2.39. The van der Waals surface area contributed by atoms with E-state index in [1.807, 2.05) is 18.4 Å². The van der Waals surface area contributed by atoms with Gasteiger partial charge in [0.25, 0.3) is 0 Å². The molecule has 2 aromatic rings. The van der Waals surface area contributed by atoms with Crippen LogP contribution in [-0.2, 0) is 6.42 Å². The molecule has 4 nitrogen and oxygen atoms in total. The standard InChI is InChI=1S/C21H28N4S/c1-22-21(25-13-11-16-7-3-4-9-18(16)25)23-15-17-8-5-12-24(2)20(17)19-10-6-14-26-19/h3-4,6-7,9-10,14,17,20H,5,8,11-13,15H2,1-2H3,(H,22,23). The van der Waals surface area contributed by atoms with Crippen LogP contribution in [0.4, 0.5) is 5.69 Å². The topological polar surface area (TPSA) is 30.9 Å². The largest absolute Gasteiger partial charge is 0.356 e. The van der Waals surface area contributed by atoms with Crippen LogP contribution in [0.25, 0.3) is 0 Å². The van der Waals surface area contributed by atoms with Gasteiger partial charge in [0, 0.05) is 36.7 Å². The Balaban J connectivity index is 1.47. The molecule has 26 heavy (non-hydrogen) atoms. The highest BCUT2D eigenvalue weighted by Gasteiger charge is 2.32. The van der Waals surface area contributed by atoms with Crippen LogP contribution in [-0.4, -0.2) is 44.6 Å². The number of fused-ring (bicyclic) bond motifs is 1. The number of anilines is 1. The van der Waals surface area contributed by atoms with E-state index >= 15 is 0 Å². The number of hydrogen-bond donors (Lipinski definition) is 1. The second-order valence-electron chi connectivity index (χ2n) is 7.30. The van der Waals surface area contributed by atoms with Crippen LogP contribution in [0.2, 0.25) is 0 Å². The number of nitrogens with one attached hydrogen (secondary N) is 1. The van der Waals surface area contributed by atoms with Gasteiger partial charge >= 0.3 is 0 Å². The van der Waals surface area contributed by atoms with E-state index < -0.39 is 0 Å². The molecule has 0 spiro atoms. The molecule has 0 radical (unpaired) electrons. The Hall–Kier alpha value is -1.85. The summed E-state index contributed by atoms with van der Waals surface area (Å²) >= 11 is 1.88. The second-order valence-corrected chi connectivity index (χ2v) is 8.28. The Morgan fingerprint density at radius 2 is 2.12 bits per heavy atom. The fourth-order valence-corrected chi connectivity index (χ4v) is 5.44. The lowest BCUT2D eigenvalue weighted by molar-refractivity contribution is 0.125. The smallest absolute Gasteiger partial charge is 0.198 e. The van der Waals surface area contributed by atoms with Gasteiger partial charge in [0.15, 0.2) is 5.96 Å². The Morgan fingerprint density at radius 1 is 1.23 bits per heavy atom. The number of likely N-dealkylation sites (tertiary alicyclic amines) is 1. The lowest BCUT2D eigenvalue weighted by Crippen LogP contribution is -2.46. The molecule has 1 fully saturated rings. The minimum Gasteiger partial charge on any atom is -0.356 e. The molecule has 0 aliphatic carbocycles. The van der Waals surface area contributed by atoms with Gasteiger partial charge in [-0.1, -0.05) is 24.3 Å². The van der Waals surface area contributed by atoms with Gasteiger partial charge in [0.2, 0.25) is 0 Å². The quantitative estimate of drug-likeness (QED) is 0.661. The van der Waals surface area contributed by atoms with Crippen LogP contribution < -0.4 is 10.2 Å². The van der Waals surface area contributed by atoms with Gasteiger partial charge < -0.3 is 10.2 Å². The number of thiophene rings is 1. The van der Waals surface area contributed by atoms with Crippen molar-refractivity contribution < 1.29 is 0 Å². The summed E-state index contributed by atoms with van der Waals surface area (Å²) in [6.45, 7) is 3.17. The molecule has 1 saturated heterocycles. The van der Waals surface area contributed by atoms with Crippen LogP contribution in [0.15, 0.2) is 46.8 Å². The van der Waals surface area contributed by atoms with E-state index in [2.05, 4.69) is 68.9 Å². The predicted molar refractivity (Wildman–Crippen MR) is 111 cm³/mol. The molecule has 4 rings (SSSR count). The third-order valence-corrected chi connectivity index (χ3v) is 6.66. The Labute approximate surface area is 160 Å². The first-order chi connectivity index (χ1) is 12.8. The van der Waals surface area contributed by atoms with Gasteiger partial charge in [-0.15, -0.1) is 11.3 Å². The molecule has 2 aliphatic rings. The molecule has 5 heteroatoms. The number of hydrogen-bond acceptors (Lipinski definition) is 3. The van der Waals surface area contributed by atoms with Crippen LogP contribution in [0.1, 0.15) is 29.3 Å². The molecular formula is C21H28N4S. The van der Waals surface area contributed by atoms with E-state index in [0.29, 0.717) is 12.0 Å². The number of aliphatic imine (C=N–C) groups is 1. The summed E-state index contributed by atoms with van der Waals surface area (Å²) in [6.07, 6.45) is 3.64. The van der Waals surface area contributed by atoms with Crippen molar-refractivity contribution in [3.63, 3.8) is 0 Å². The predicted octanol–water partition coefficient (Wildman–Crippen LogP) is 3.77. The van der Waals surface area contributed by atoms with Crippen molar-refractivity contribution in [1.29, 1.82) is 0 Å². The first kappa shape index (κ1) is 17.6. The maximum atomic E-state index is 4.58. The van der Waals surface area contributed by atoms with E-state index in [1.165, 1.54) is 35.5 Å². The number of nitrogens with zero attached hydrogens (tertiary/aromatic N) is 3. The zero-order valence-electron chi connectivity index (χ0n) is 15.7. The molecule has 2 unspecified atom stereocenters. The molecule has 1 N–H and O–H groups in total. The number of piperidine rings is 1. The number of rotatable bonds is 3. The first-order valence-corrected chi connectivity index (χ1v) is 10.5. The monoisotopic (exact) mass is 368 g/mol. The molecule has 1 aromatic heterocycles. The zero-order chi connectivity index (χ0) is 17.9. The van der Waals surface area contributed by atoms with Crippen molar-refractivity contribution in [3.8, 4) is 0 Å². The van der Waals surface area contributed by atoms with Gasteiger partial charge in [-0.25, -0.2) is 0 Å². The van der Waals surface area contributed by atoms with Crippen molar-refractivity contribution in [1.82, 2.24) is 10.2 Å². The van der Waals surface area contributed by atoms with Crippen molar-refractivity contribution in [2.75, 3.05) is 38.6 Å². The van der Waals surface area contributed by atoms with E-state index in [1.54, 1.807) is 0 Å². The Bertz CT molecular complexity index is 755. The minimum absolute atomic E-state index is 0.514. The van der Waals surface area contributed by atoms with Gasteiger partial charge in [0.1, 0.15) is 0 Å². The van der Waals surface area contributed by atoms with Crippen LogP contribution in [0, 0.1) is 5.92 Å².